The third-order valence-electron chi connectivity index (χ3n) is 6.18. The number of nitriles is 1. The number of amides is 1. The minimum absolute atomic E-state index is 0.154. The summed E-state index contributed by atoms with van der Waals surface area (Å²) in [5.41, 5.74) is 6.69. The Labute approximate surface area is 162 Å². The molecule has 1 atom stereocenters. The number of nitrogens with zero attached hydrogens (tertiary/aromatic N) is 2. The molecular formula is C22H32N4O. The number of carbonyl (C=O) groups excluding carboxylic acids is 1. The number of carbonyl (C=O) groups is 1. The van der Waals surface area contributed by atoms with E-state index in [9.17, 15) is 10.1 Å². The van der Waals surface area contributed by atoms with Crippen molar-refractivity contribution < 1.29 is 4.79 Å². The summed E-state index contributed by atoms with van der Waals surface area (Å²) in [6.07, 6.45) is 8.20. The number of likely N-dealkylation sites (tertiary alicyclic amines) is 1. The Kier molecular flexibility index (Phi) is 6.87. The van der Waals surface area contributed by atoms with E-state index in [4.69, 9.17) is 5.73 Å². The largest absolute Gasteiger partial charge is 0.336 e. The lowest BCUT2D eigenvalue weighted by Gasteiger charge is -2.38. The third-order valence-corrected chi connectivity index (χ3v) is 6.18. The number of piperidine rings is 1. The fourth-order valence-electron chi connectivity index (χ4n) is 4.42. The summed E-state index contributed by atoms with van der Waals surface area (Å²) in [5, 5.41) is 12.7. The number of nitrogens with one attached hydrogen (secondary N) is 1. The normalized spacial score (nSPS) is 21.9. The fraction of sp³-hybridized carbons (Fsp3) is 0.636. The quantitative estimate of drug-likeness (QED) is 0.809. The van der Waals surface area contributed by atoms with E-state index in [-0.39, 0.29) is 5.91 Å². The van der Waals surface area contributed by atoms with Crippen LogP contribution in [0.2, 0.25) is 0 Å². The zero-order chi connectivity index (χ0) is 19.1. The Bertz CT molecular complexity index is 640. The summed E-state index contributed by atoms with van der Waals surface area (Å²) in [4.78, 5) is 15.0. The summed E-state index contributed by atoms with van der Waals surface area (Å²) >= 11 is 0. The van der Waals surface area contributed by atoms with Crippen LogP contribution in [-0.4, -0.2) is 35.5 Å². The SMILES string of the molecule is N#CC1(NC(=O)C(N)CC2CCCCC2)CCN(Cc2ccccc2)CC1. The first-order chi connectivity index (χ1) is 13.1. The molecular weight excluding hydrogens is 336 g/mol. The first kappa shape index (κ1) is 19.9. The van der Waals surface area contributed by atoms with Crippen LogP contribution in [0.5, 0.6) is 0 Å². The van der Waals surface area contributed by atoms with Crippen LogP contribution in [0.25, 0.3) is 0 Å². The minimum Gasteiger partial charge on any atom is -0.336 e. The Morgan fingerprint density at radius 1 is 1.22 bits per heavy atom. The van der Waals surface area contributed by atoms with Crippen molar-refractivity contribution in [3.8, 4) is 6.07 Å². The molecule has 2 aliphatic rings. The number of hydrogen-bond acceptors (Lipinski definition) is 4. The van der Waals surface area contributed by atoms with E-state index in [1.165, 1.54) is 37.7 Å². The van der Waals surface area contributed by atoms with Gasteiger partial charge in [-0.15, -0.1) is 0 Å². The van der Waals surface area contributed by atoms with E-state index in [2.05, 4.69) is 28.4 Å². The van der Waals surface area contributed by atoms with Crippen molar-refractivity contribution in [2.75, 3.05) is 13.1 Å². The van der Waals surface area contributed by atoms with Crippen LogP contribution in [0.4, 0.5) is 0 Å². The number of benzene rings is 1. The van der Waals surface area contributed by atoms with Crippen LogP contribution < -0.4 is 11.1 Å². The van der Waals surface area contributed by atoms with E-state index in [1.807, 2.05) is 18.2 Å². The maximum absolute atomic E-state index is 12.6. The lowest BCUT2D eigenvalue weighted by atomic mass is 9.84. The Morgan fingerprint density at radius 2 is 1.89 bits per heavy atom. The molecule has 0 radical (unpaired) electrons. The highest BCUT2D eigenvalue weighted by molar-refractivity contribution is 5.82. The Morgan fingerprint density at radius 3 is 2.52 bits per heavy atom. The van der Waals surface area contributed by atoms with Crippen LogP contribution >= 0.6 is 0 Å². The molecule has 0 aromatic heterocycles. The van der Waals surface area contributed by atoms with E-state index in [1.54, 1.807) is 0 Å². The summed E-state index contributed by atoms with van der Waals surface area (Å²) in [7, 11) is 0. The maximum atomic E-state index is 12.6. The predicted octanol–water partition coefficient (Wildman–Crippen LogP) is 2.96. The Balaban J connectivity index is 1.49. The average molecular weight is 369 g/mol. The van der Waals surface area contributed by atoms with E-state index in [0.29, 0.717) is 18.8 Å². The summed E-state index contributed by atoms with van der Waals surface area (Å²) in [5.74, 6) is 0.406. The number of hydrogen-bond donors (Lipinski definition) is 2. The van der Waals surface area contributed by atoms with Gasteiger partial charge < -0.3 is 11.1 Å². The second-order valence-corrected chi connectivity index (χ2v) is 8.29. The molecule has 27 heavy (non-hydrogen) atoms. The molecule has 2 fully saturated rings. The molecule has 0 bridgehead atoms. The Hall–Kier alpha value is -1.90. The molecule has 3 N–H and O–H groups in total. The average Bonchev–Trinajstić information content (AvgIpc) is 2.71. The van der Waals surface area contributed by atoms with Crippen LogP contribution in [0.15, 0.2) is 30.3 Å². The van der Waals surface area contributed by atoms with E-state index < -0.39 is 11.6 Å². The van der Waals surface area contributed by atoms with Gasteiger partial charge in [-0.3, -0.25) is 9.69 Å². The van der Waals surface area contributed by atoms with Gasteiger partial charge in [0, 0.05) is 19.6 Å². The van der Waals surface area contributed by atoms with Crippen molar-refractivity contribution in [1.82, 2.24) is 10.2 Å². The molecule has 3 rings (SSSR count). The first-order valence-corrected chi connectivity index (χ1v) is 10.4. The summed E-state index contributed by atoms with van der Waals surface area (Å²) in [6, 6.07) is 12.2. The smallest absolute Gasteiger partial charge is 0.238 e. The van der Waals surface area contributed by atoms with Crippen LogP contribution in [-0.2, 0) is 11.3 Å². The van der Waals surface area contributed by atoms with Gasteiger partial charge in [-0.2, -0.15) is 5.26 Å². The van der Waals surface area contributed by atoms with Crippen LogP contribution in [0.3, 0.4) is 0 Å². The predicted molar refractivity (Wildman–Crippen MR) is 107 cm³/mol. The zero-order valence-corrected chi connectivity index (χ0v) is 16.2. The molecule has 1 unspecified atom stereocenters. The molecule has 1 aliphatic heterocycles. The van der Waals surface area contributed by atoms with Crippen LogP contribution in [0, 0.1) is 17.2 Å². The van der Waals surface area contributed by atoms with Gasteiger partial charge in [-0.1, -0.05) is 62.4 Å². The van der Waals surface area contributed by atoms with Gasteiger partial charge in [0.25, 0.3) is 0 Å². The van der Waals surface area contributed by atoms with Gasteiger partial charge in [0.05, 0.1) is 12.1 Å². The van der Waals surface area contributed by atoms with Gasteiger partial charge in [-0.05, 0) is 30.7 Å². The lowest BCUT2D eigenvalue weighted by molar-refractivity contribution is -0.124. The molecule has 1 saturated carbocycles. The zero-order valence-electron chi connectivity index (χ0n) is 16.2. The van der Waals surface area contributed by atoms with Crippen molar-refractivity contribution in [2.45, 2.75) is 69.5 Å². The van der Waals surface area contributed by atoms with Crippen LogP contribution in [0.1, 0.15) is 56.9 Å². The van der Waals surface area contributed by atoms with Gasteiger partial charge in [0.2, 0.25) is 5.91 Å². The summed E-state index contributed by atoms with van der Waals surface area (Å²) in [6.45, 7) is 2.50. The standard InChI is InChI=1S/C22H32N4O/c23-17-22(25-21(27)20(24)15-18-7-3-1-4-8-18)11-13-26(14-12-22)16-19-9-5-2-6-10-19/h2,5-6,9-10,18,20H,1,3-4,7-8,11-16,24H2,(H,25,27). The molecule has 1 heterocycles. The highest BCUT2D eigenvalue weighted by Gasteiger charge is 2.37. The van der Waals surface area contributed by atoms with Crippen molar-refractivity contribution in [2.24, 2.45) is 11.7 Å². The highest BCUT2D eigenvalue weighted by atomic mass is 16.2. The topological polar surface area (TPSA) is 82.1 Å². The van der Waals surface area contributed by atoms with Gasteiger partial charge >= 0.3 is 0 Å². The molecule has 5 nitrogen and oxygen atoms in total. The molecule has 5 heteroatoms. The molecule has 146 valence electrons. The highest BCUT2D eigenvalue weighted by Crippen LogP contribution is 2.28. The van der Waals surface area contributed by atoms with Crippen molar-refractivity contribution >= 4 is 5.91 Å². The van der Waals surface area contributed by atoms with E-state index >= 15 is 0 Å². The fourth-order valence-corrected chi connectivity index (χ4v) is 4.42. The van der Waals surface area contributed by atoms with Crippen molar-refractivity contribution in [3.05, 3.63) is 35.9 Å². The van der Waals surface area contributed by atoms with Gasteiger partial charge in [0.15, 0.2) is 0 Å². The monoisotopic (exact) mass is 368 g/mol. The third kappa shape index (κ3) is 5.54. The number of rotatable bonds is 6. The lowest BCUT2D eigenvalue weighted by Crippen LogP contribution is -2.57. The molecule has 1 aromatic rings. The molecule has 1 amide bonds. The molecule has 1 saturated heterocycles. The molecule has 0 spiro atoms. The van der Waals surface area contributed by atoms with Gasteiger partial charge in [-0.25, -0.2) is 0 Å². The maximum Gasteiger partial charge on any atom is 0.238 e. The first-order valence-electron chi connectivity index (χ1n) is 10.4. The van der Waals surface area contributed by atoms with Crippen molar-refractivity contribution in [1.29, 1.82) is 5.26 Å². The summed E-state index contributed by atoms with van der Waals surface area (Å²) < 4.78 is 0. The van der Waals surface area contributed by atoms with Crippen molar-refractivity contribution in [3.63, 3.8) is 0 Å². The van der Waals surface area contributed by atoms with Gasteiger partial charge in [0.1, 0.15) is 5.54 Å². The van der Waals surface area contributed by atoms with E-state index in [0.717, 1.165) is 26.1 Å². The second kappa shape index (κ2) is 9.34. The molecule has 1 aliphatic carbocycles. The minimum atomic E-state index is -0.769. The number of nitrogens with two attached hydrogens (primary N) is 1. The molecule has 1 aromatic carbocycles. The second-order valence-electron chi connectivity index (χ2n) is 8.29.